The van der Waals surface area contributed by atoms with Gasteiger partial charge in [0.05, 0.1) is 6.42 Å². The maximum atomic E-state index is 12.5. The van der Waals surface area contributed by atoms with Gasteiger partial charge in [-0.2, -0.15) is 13.2 Å². The molecule has 0 amide bonds. The van der Waals surface area contributed by atoms with Gasteiger partial charge in [0.2, 0.25) is 0 Å². The van der Waals surface area contributed by atoms with Gasteiger partial charge >= 0.3 is 12.1 Å². The first-order chi connectivity index (χ1) is 7.73. The Balaban J connectivity index is 3.39. The molecular weight excluding hydrogens is 249 g/mol. The van der Waals surface area contributed by atoms with E-state index in [2.05, 4.69) is 4.98 Å². The fourth-order valence-corrected chi connectivity index (χ4v) is 1.29. The number of rotatable bonds is 3. The molecule has 0 saturated heterocycles. The van der Waals surface area contributed by atoms with Crippen molar-refractivity contribution < 1.29 is 31.9 Å². The summed E-state index contributed by atoms with van der Waals surface area (Å²) in [6.45, 7) is 0. The van der Waals surface area contributed by atoms with Crippen LogP contribution in [0.25, 0.3) is 0 Å². The van der Waals surface area contributed by atoms with Crippen LogP contribution < -0.4 is 0 Å². The quantitative estimate of drug-likeness (QED) is 0.845. The molecule has 0 bridgehead atoms. The molecule has 0 saturated carbocycles. The van der Waals surface area contributed by atoms with Crippen molar-refractivity contribution in [3.05, 3.63) is 29.1 Å². The summed E-state index contributed by atoms with van der Waals surface area (Å²) in [5, 5.41) is 8.42. The summed E-state index contributed by atoms with van der Waals surface area (Å²) in [4.78, 5) is 13.3. The third kappa shape index (κ3) is 3.11. The number of alkyl halides is 5. The smallest absolute Gasteiger partial charge is 0.433 e. The minimum absolute atomic E-state index is 0.579. The highest BCUT2D eigenvalue weighted by atomic mass is 19.4. The standard InChI is InChI=1S/C9H6F5NO2/c10-8(11)4-1-2-15-7(9(12,13)14)5(4)3-6(16)17/h1-2,8H,3H2,(H,16,17). The van der Waals surface area contributed by atoms with E-state index < -0.39 is 41.8 Å². The van der Waals surface area contributed by atoms with Gasteiger partial charge < -0.3 is 5.11 Å². The molecule has 0 aliphatic heterocycles. The van der Waals surface area contributed by atoms with Gasteiger partial charge in [-0.05, 0) is 6.07 Å². The Morgan fingerprint density at radius 2 is 2.00 bits per heavy atom. The largest absolute Gasteiger partial charge is 0.481 e. The first-order valence-electron chi connectivity index (χ1n) is 4.28. The third-order valence-electron chi connectivity index (χ3n) is 1.92. The normalized spacial score (nSPS) is 11.9. The summed E-state index contributed by atoms with van der Waals surface area (Å²) in [5.74, 6) is -1.63. The maximum absolute atomic E-state index is 12.5. The van der Waals surface area contributed by atoms with E-state index in [-0.39, 0.29) is 0 Å². The zero-order valence-corrected chi connectivity index (χ0v) is 8.13. The summed E-state index contributed by atoms with van der Waals surface area (Å²) in [6, 6.07) is 0.679. The van der Waals surface area contributed by atoms with Crippen LogP contribution in [-0.4, -0.2) is 16.1 Å². The van der Waals surface area contributed by atoms with Gasteiger partial charge in [0.25, 0.3) is 6.43 Å². The van der Waals surface area contributed by atoms with Crippen LogP contribution >= 0.6 is 0 Å². The van der Waals surface area contributed by atoms with Crippen molar-refractivity contribution >= 4 is 5.97 Å². The molecule has 0 aliphatic carbocycles. The summed E-state index contributed by atoms with van der Waals surface area (Å²) in [7, 11) is 0. The highest BCUT2D eigenvalue weighted by Crippen LogP contribution is 2.34. The number of carbonyl (C=O) groups is 1. The fourth-order valence-electron chi connectivity index (χ4n) is 1.29. The van der Waals surface area contributed by atoms with E-state index in [9.17, 15) is 26.7 Å². The van der Waals surface area contributed by atoms with Gasteiger partial charge in [0, 0.05) is 17.3 Å². The van der Waals surface area contributed by atoms with Crippen molar-refractivity contribution in [2.75, 3.05) is 0 Å². The van der Waals surface area contributed by atoms with Gasteiger partial charge in [0.15, 0.2) is 0 Å². The molecule has 1 N–H and O–H groups in total. The minimum atomic E-state index is -4.96. The van der Waals surface area contributed by atoms with E-state index in [0.29, 0.717) is 12.3 Å². The number of pyridine rings is 1. The topological polar surface area (TPSA) is 50.2 Å². The molecule has 0 atom stereocenters. The molecule has 1 heterocycles. The molecule has 1 aromatic heterocycles. The number of carboxylic acids is 1. The van der Waals surface area contributed by atoms with E-state index in [4.69, 9.17) is 5.11 Å². The molecule has 1 rings (SSSR count). The number of carboxylic acid groups (broad SMARTS) is 1. The van der Waals surface area contributed by atoms with Crippen LogP contribution in [0.1, 0.15) is 23.2 Å². The fraction of sp³-hybridized carbons (Fsp3) is 0.333. The Morgan fingerprint density at radius 1 is 1.41 bits per heavy atom. The second-order valence-electron chi connectivity index (χ2n) is 3.10. The molecule has 0 fully saturated rings. The molecular formula is C9H6F5NO2. The van der Waals surface area contributed by atoms with Crippen LogP contribution in [-0.2, 0) is 17.4 Å². The lowest BCUT2D eigenvalue weighted by atomic mass is 10.0. The van der Waals surface area contributed by atoms with E-state index in [1.54, 1.807) is 0 Å². The number of halogens is 5. The van der Waals surface area contributed by atoms with Gasteiger partial charge in [-0.15, -0.1) is 0 Å². The van der Waals surface area contributed by atoms with Crippen LogP contribution in [0.4, 0.5) is 22.0 Å². The summed E-state index contributed by atoms with van der Waals surface area (Å²) in [6.07, 6.45) is -8.72. The monoisotopic (exact) mass is 255 g/mol. The van der Waals surface area contributed by atoms with Crippen molar-refractivity contribution in [3.8, 4) is 0 Å². The van der Waals surface area contributed by atoms with Gasteiger partial charge in [-0.1, -0.05) is 0 Å². The van der Waals surface area contributed by atoms with E-state index in [0.717, 1.165) is 0 Å². The highest BCUT2D eigenvalue weighted by Gasteiger charge is 2.37. The summed E-state index contributed by atoms with van der Waals surface area (Å²) in [5.41, 5.74) is -3.55. The van der Waals surface area contributed by atoms with Crippen molar-refractivity contribution in [3.63, 3.8) is 0 Å². The predicted octanol–water partition coefficient (Wildman–Crippen LogP) is 2.67. The van der Waals surface area contributed by atoms with E-state index in [1.807, 2.05) is 0 Å². The van der Waals surface area contributed by atoms with Crippen LogP contribution in [0.15, 0.2) is 12.3 Å². The third-order valence-corrected chi connectivity index (χ3v) is 1.92. The van der Waals surface area contributed by atoms with Gasteiger partial charge in [-0.3, -0.25) is 9.78 Å². The minimum Gasteiger partial charge on any atom is -0.481 e. The Morgan fingerprint density at radius 3 is 2.41 bits per heavy atom. The SMILES string of the molecule is O=C(O)Cc1c(C(F)F)ccnc1C(F)(F)F. The zero-order chi connectivity index (χ0) is 13.2. The molecule has 0 aromatic carbocycles. The first kappa shape index (κ1) is 13.3. The average Bonchev–Trinajstić information content (AvgIpc) is 2.14. The summed E-state index contributed by atoms with van der Waals surface area (Å²) >= 11 is 0. The first-order valence-corrected chi connectivity index (χ1v) is 4.28. The molecule has 0 aliphatic rings. The number of hydrogen-bond acceptors (Lipinski definition) is 2. The second kappa shape index (κ2) is 4.64. The Bertz CT molecular complexity index is 430. The van der Waals surface area contributed by atoms with Crippen LogP contribution in [0.3, 0.4) is 0 Å². The Hall–Kier alpha value is -1.73. The van der Waals surface area contributed by atoms with Gasteiger partial charge in [0.1, 0.15) is 5.69 Å². The lowest BCUT2D eigenvalue weighted by molar-refractivity contribution is -0.142. The van der Waals surface area contributed by atoms with E-state index >= 15 is 0 Å². The van der Waals surface area contributed by atoms with Crippen LogP contribution in [0, 0.1) is 0 Å². The molecule has 0 radical (unpaired) electrons. The van der Waals surface area contributed by atoms with Gasteiger partial charge in [-0.25, -0.2) is 8.78 Å². The lowest BCUT2D eigenvalue weighted by Gasteiger charge is -2.13. The van der Waals surface area contributed by atoms with Crippen LogP contribution in [0.5, 0.6) is 0 Å². The average molecular weight is 255 g/mol. The maximum Gasteiger partial charge on any atom is 0.433 e. The highest BCUT2D eigenvalue weighted by molar-refractivity contribution is 5.71. The van der Waals surface area contributed by atoms with Crippen molar-refractivity contribution in [2.24, 2.45) is 0 Å². The summed E-state index contributed by atoms with van der Waals surface area (Å²) < 4.78 is 62.2. The number of nitrogens with zero attached hydrogens (tertiary/aromatic N) is 1. The Kier molecular flexibility index (Phi) is 3.64. The van der Waals surface area contributed by atoms with Crippen molar-refractivity contribution in [1.29, 1.82) is 0 Å². The molecule has 3 nitrogen and oxygen atoms in total. The molecule has 94 valence electrons. The van der Waals surface area contributed by atoms with Crippen LogP contribution in [0.2, 0.25) is 0 Å². The molecule has 8 heteroatoms. The van der Waals surface area contributed by atoms with Crippen molar-refractivity contribution in [2.45, 2.75) is 19.0 Å². The molecule has 0 unspecified atom stereocenters. The van der Waals surface area contributed by atoms with Crippen molar-refractivity contribution in [1.82, 2.24) is 4.98 Å². The lowest BCUT2D eigenvalue weighted by Crippen LogP contribution is -2.16. The molecule has 17 heavy (non-hydrogen) atoms. The zero-order valence-electron chi connectivity index (χ0n) is 8.13. The molecule has 0 spiro atoms. The molecule has 1 aromatic rings. The number of hydrogen-bond donors (Lipinski definition) is 1. The number of aliphatic carboxylic acids is 1. The predicted molar refractivity (Wildman–Crippen MR) is 45.5 cm³/mol. The second-order valence-corrected chi connectivity index (χ2v) is 3.10. The van der Waals surface area contributed by atoms with E-state index in [1.165, 1.54) is 0 Å². The Labute approximate surface area is 91.9 Å². The number of aromatic nitrogens is 1.